The molecule has 2 N–H and O–H groups in total. The molecular formula is C16H23IN6. The number of nitrogens with zero attached hydrogens (tertiary/aromatic N) is 4. The highest BCUT2D eigenvalue weighted by molar-refractivity contribution is 14.0. The minimum Gasteiger partial charge on any atom is -0.357 e. The lowest BCUT2D eigenvalue weighted by atomic mass is 10.3. The van der Waals surface area contributed by atoms with Crippen LogP contribution in [0.5, 0.6) is 0 Å². The smallest absolute Gasteiger partial charge is 0.191 e. The minimum absolute atomic E-state index is 0. The Bertz CT molecular complexity index is 639. The van der Waals surface area contributed by atoms with Gasteiger partial charge in [-0.05, 0) is 31.4 Å². The van der Waals surface area contributed by atoms with Gasteiger partial charge < -0.3 is 10.6 Å². The first-order chi connectivity index (χ1) is 10.8. The molecule has 0 amide bonds. The number of aliphatic imine (C=N–C) groups is 1. The summed E-state index contributed by atoms with van der Waals surface area (Å²) in [4.78, 5) is 4.63. The zero-order valence-electron chi connectivity index (χ0n) is 13.4. The van der Waals surface area contributed by atoms with Crippen molar-refractivity contribution in [1.29, 1.82) is 0 Å². The Morgan fingerprint density at radius 1 is 1.35 bits per heavy atom. The van der Waals surface area contributed by atoms with Gasteiger partial charge in [0.2, 0.25) is 0 Å². The van der Waals surface area contributed by atoms with Gasteiger partial charge in [-0.3, -0.25) is 4.57 Å². The second kappa shape index (κ2) is 8.28. The summed E-state index contributed by atoms with van der Waals surface area (Å²) >= 11 is 0. The topological polar surface area (TPSA) is 67.1 Å². The Labute approximate surface area is 153 Å². The maximum atomic E-state index is 4.63. The van der Waals surface area contributed by atoms with Gasteiger partial charge in [-0.2, -0.15) is 0 Å². The molecule has 1 aromatic carbocycles. The van der Waals surface area contributed by atoms with E-state index in [9.17, 15) is 0 Å². The third kappa shape index (κ3) is 4.66. The van der Waals surface area contributed by atoms with E-state index in [1.54, 1.807) is 6.33 Å². The number of nitrogens with one attached hydrogen (secondary N) is 2. The summed E-state index contributed by atoms with van der Waals surface area (Å²) in [5, 5.41) is 14.9. The van der Waals surface area contributed by atoms with Crippen molar-refractivity contribution >= 4 is 29.9 Å². The normalized spacial score (nSPS) is 19.8. The average molecular weight is 426 g/mol. The van der Waals surface area contributed by atoms with Crippen molar-refractivity contribution in [2.75, 3.05) is 6.54 Å². The van der Waals surface area contributed by atoms with Crippen molar-refractivity contribution in [1.82, 2.24) is 25.4 Å². The van der Waals surface area contributed by atoms with Crippen LogP contribution in [0, 0.1) is 5.92 Å². The Morgan fingerprint density at radius 2 is 2.09 bits per heavy atom. The van der Waals surface area contributed by atoms with Crippen LogP contribution in [0.25, 0.3) is 5.69 Å². The predicted octanol–water partition coefficient (Wildman–Crippen LogP) is 2.35. The number of benzene rings is 1. The van der Waals surface area contributed by atoms with Crippen molar-refractivity contribution in [3.05, 3.63) is 42.5 Å². The Kier molecular flexibility index (Phi) is 6.37. The van der Waals surface area contributed by atoms with Crippen molar-refractivity contribution in [2.45, 2.75) is 32.9 Å². The van der Waals surface area contributed by atoms with Gasteiger partial charge in [-0.15, -0.1) is 34.2 Å². The molecule has 0 bridgehead atoms. The molecule has 124 valence electrons. The molecule has 0 spiro atoms. The lowest BCUT2D eigenvalue weighted by Crippen LogP contribution is -2.39. The van der Waals surface area contributed by atoms with E-state index in [4.69, 9.17) is 0 Å². The fraction of sp³-hybridized carbons (Fsp3) is 0.438. The van der Waals surface area contributed by atoms with Crippen molar-refractivity contribution in [2.24, 2.45) is 10.9 Å². The third-order valence-corrected chi connectivity index (χ3v) is 3.81. The Hall–Kier alpha value is -1.64. The van der Waals surface area contributed by atoms with Gasteiger partial charge in [-0.25, -0.2) is 4.99 Å². The van der Waals surface area contributed by atoms with Crippen LogP contribution in [0.15, 0.2) is 41.7 Å². The van der Waals surface area contributed by atoms with Crippen molar-refractivity contribution in [3.63, 3.8) is 0 Å². The van der Waals surface area contributed by atoms with E-state index in [0.29, 0.717) is 12.6 Å². The van der Waals surface area contributed by atoms with Gasteiger partial charge in [0.25, 0.3) is 0 Å². The second-order valence-electron chi connectivity index (χ2n) is 5.61. The first kappa shape index (κ1) is 17.7. The van der Waals surface area contributed by atoms with Crippen LogP contribution in [0.4, 0.5) is 0 Å². The fourth-order valence-corrected chi connectivity index (χ4v) is 2.34. The standard InChI is InChI=1S/C16H22N6.HI/c1-3-17-16(20-14-9-12(14)2)18-10-15-21-19-11-22(15)13-7-5-4-6-8-13;/h4-8,11-12,14H,3,9-10H2,1-2H3,(H2,17,18,20);1H. The van der Waals surface area contributed by atoms with Crippen LogP contribution in [0.1, 0.15) is 26.1 Å². The quantitative estimate of drug-likeness (QED) is 0.438. The summed E-state index contributed by atoms with van der Waals surface area (Å²) in [5.74, 6) is 2.41. The number of hydrogen-bond acceptors (Lipinski definition) is 3. The molecule has 1 aliphatic carbocycles. The van der Waals surface area contributed by atoms with Gasteiger partial charge in [-0.1, -0.05) is 25.1 Å². The number of halogens is 1. The Morgan fingerprint density at radius 3 is 2.74 bits per heavy atom. The highest BCUT2D eigenvalue weighted by Gasteiger charge is 2.33. The monoisotopic (exact) mass is 426 g/mol. The molecule has 1 heterocycles. The maximum absolute atomic E-state index is 4.63. The van der Waals surface area contributed by atoms with E-state index >= 15 is 0 Å². The molecule has 0 saturated heterocycles. The SMILES string of the molecule is CCNC(=NCc1nncn1-c1ccccc1)NC1CC1C.I. The molecule has 1 aromatic heterocycles. The number of aromatic nitrogens is 3. The summed E-state index contributed by atoms with van der Waals surface area (Å²) in [7, 11) is 0. The fourth-order valence-electron chi connectivity index (χ4n) is 2.34. The molecule has 2 unspecified atom stereocenters. The van der Waals surface area contributed by atoms with E-state index < -0.39 is 0 Å². The van der Waals surface area contributed by atoms with Crippen molar-refractivity contribution < 1.29 is 0 Å². The molecule has 7 heteroatoms. The Balaban J connectivity index is 0.00000192. The minimum atomic E-state index is 0. The number of guanidine groups is 1. The molecule has 2 atom stereocenters. The molecule has 1 aliphatic rings. The van der Waals surface area contributed by atoms with Crippen LogP contribution >= 0.6 is 24.0 Å². The first-order valence-electron chi connectivity index (χ1n) is 7.77. The van der Waals surface area contributed by atoms with Crippen LogP contribution in [0.2, 0.25) is 0 Å². The molecule has 23 heavy (non-hydrogen) atoms. The molecule has 6 nitrogen and oxygen atoms in total. The maximum Gasteiger partial charge on any atom is 0.191 e. The lowest BCUT2D eigenvalue weighted by molar-refractivity contribution is 0.757. The molecule has 1 saturated carbocycles. The van der Waals surface area contributed by atoms with Gasteiger partial charge in [0.05, 0.1) is 0 Å². The third-order valence-electron chi connectivity index (χ3n) is 3.81. The van der Waals surface area contributed by atoms with Crippen LogP contribution < -0.4 is 10.6 Å². The summed E-state index contributed by atoms with van der Waals surface area (Å²) in [6.07, 6.45) is 2.94. The molecule has 3 rings (SSSR count). The molecule has 1 fully saturated rings. The summed E-state index contributed by atoms with van der Waals surface area (Å²) < 4.78 is 1.97. The zero-order valence-corrected chi connectivity index (χ0v) is 15.8. The molecule has 0 aliphatic heterocycles. The zero-order chi connectivity index (χ0) is 15.4. The first-order valence-corrected chi connectivity index (χ1v) is 7.77. The number of rotatable bonds is 5. The highest BCUT2D eigenvalue weighted by Crippen LogP contribution is 2.28. The van der Waals surface area contributed by atoms with Gasteiger partial charge in [0.15, 0.2) is 11.8 Å². The molecule has 2 aromatic rings. The van der Waals surface area contributed by atoms with E-state index in [1.807, 2.05) is 34.9 Å². The van der Waals surface area contributed by atoms with E-state index in [1.165, 1.54) is 6.42 Å². The van der Waals surface area contributed by atoms with Gasteiger partial charge in [0, 0.05) is 18.3 Å². The van der Waals surface area contributed by atoms with Crippen LogP contribution in [-0.4, -0.2) is 33.3 Å². The summed E-state index contributed by atoms with van der Waals surface area (Å²) in [6, 6.07) is 10.6. The number of hydrogen-bond donors (Lipinski definition) is 2. The van der Waals surface area contributed by atoms with Crippen molar-refractivity contribution in [3.8, 4) is 5.69 Å². The summed E-state index contributed by atoms with van der Waals surface area (Å²) in [6.45, 7) is 5.65. The number of para-hydroxylation sites is 1. The molecule has 0 radical (unpaired) electrons. The largest absolute Gasteiger partial charge is 0.357 e. The lowest BCUT2D eigenvalue weighted by Gasteiger charge is -2.11. The van der Waals surface area contributed by atoms with Crippen LogP contribution in [0.3, 0.4) is 0 Å². The predicted molar refractivity (Wildman–Crippen MR) is 102 cm³/mol. The second-order valence-corrected chi connectivity index (χ2v) is 5.61. The molecular weight excluding hydrogens is 403 g/mol. The highest BCUT2D eigenvalue weighted by atomic mass is 127. The van der Waals surface area contributed by atoms with Gasteiger partial charge in [0.1, 0.15) is 12.9 Å². The van der Waals surface area contributed by atoms with E-state index in [0.717, 1.165) is 29.9 Å². The van der Waals surface area contributed by atoms with E-state index in [-0.39, 0.29) is 24.0 Å². The average Bonchev–Trinajstić information content (AvgIpc) is 3.03. The van der Waals surface area contributed by atoms with Crippen LogP contribution in [-0.2, 0) is 6.54 Å². The summed E-state index contributed by atoms with van der Waals surface area (Å²) in [5.41, 5.74) is 1.05. The van der Waals surface area contributed by atoms with Gasteiger partial charge >= 0.3 is 0 Å². The van der Waals surface area contributed by atoms with E-state index in [2.05, 4.69) is 39.7 Å².